The van der Waals surface area contributed by atoms with E-state index in [-0.39, 0.29) is 42.7 Å². The van der Waals surface area contributed by atoms with E-state index < -0.39 is 18.1 Å². The van der Waals surface area contributed by atoms with E-state index in [1.54, 1.807) is 21.1 Å². The van der Waals surface area contributed by atoms with Crippen LogP contribution in [0.4, 0.5) is 0 Å². The van der Waals surface area contributed by atoms with Crippen molar-refractivity contribution in [1.29, 1.82) is 0 Å². The fourth-order valence-corrected chi connectivity index (χ4v) is 6.48. The molecule has 52 heavy (non-hydrogen) atoms. The lowest BCUT2D eigenvalue weighted by atomic mass is 10.1. The summed E-state index contributed by atoms with van der Waals surface area (Å²) in [4.78, 5) is 36.6. The van der Waals surface area contributed by atoms with E-state index in [1.807, 2.05) is 0 Å². The Kier molecular flexibility index (Phi) is 34.7. The molecule has 0 radical (unpaired) electrons. The summed E-state index contributed by atoms with van der Waals surface area (Å²) in [6, 6.07) is -0.721. The van der Waals surface area contributed by atoms with Crippen LogP contribution in [0.15, 0.2) is 12.2 Å². The topological polar surface area (TPSA) is 102 Å². The van der Waals surface area contributed by atoms with E-state index in [1.165, 1.54) is 128 Å². The predicted octanol–water partition coefficient (Wildman–Crippen LogP) is 10.2. The number of carbonyl (C=O) groups excluding carboxylic acids is 3. The highest BCUT2D eigenvalue weighted by molar-refractivity contribution is 5.70. The summed E-state index contributed by atoms with van der Waals surface area (Å²) in [6.07, 6.45) is 36.8. The minimum atomic E-state index is -1.12. The van der Waals surface area contributed by atoms with Crippen LogP contribution >= 0.6 is 0 Å². The zero-order valence-electron chi connectivity index (χ0n) is 34.7. The maximum Gasteiger partial charge on any atom is 0.306 e. The summed E-state index contributed by atoms with van der Waals surface area (Å²) in [5.41, 5.74) is 0. The molecule has 0 heterocycles. The number of esters is 2. The molecular formula is C44H83NO7. The Hall–Kier alpha value is -1.93. The second kappa shape index (κ2) is 36.1. The van der Waals surface area contributed by atoms with Crippen LogP contribution < -0.4 is 5.11 Å². The summed E-state index contributed by atoms with van der Waals surface area (Å²) in [5, 5.41) is 11.6. The molecule has 0 aliphatic rings. The average molecular weight is 738 g/mol. The van der Waals surface area contributed by atoms with Crippen molar-refractivity contribution in [3.05, 3.63) is 12.2 Å². The third kappa shape index (κ3) is 33.9. The number of rotatable bonds is 39. The minimum Gasteiger partial charge on any atom is -0.544 e. The molecule has 0 rings (SSSR count). The Morgan fingerprint density at radius 1 is 0.558 bits per heavy atom. The maximum absolute atomic E-state index is 12.7. The Bertz CT molecular complexity index is 869. The summed E-state index contributed by atoms with van der Waals surface area (Å²) in [7, 11) is 5.40. The van der Waals surface area contributed by atoms with Gasteiger partial charge < -0.3 is 28.6 Å². The predicted molar refractivity (Wildman–Crippen MR) is 213 cm³/mol. The van der Waals surface area contributed by atoms with Crippen molar-refractivity contribution in [3.63, 3.8) is 0 Å². The zero-order valence-corrected chi connectivity index (χ0v) is 34.7. The molecule has 8 heteroatoms. The van der Waals surface area contributed by atoms with Crippen LogP contribution in [-0.4, -0.2) is 75.5 Å². The lowest BCUT2D eigenvalue weighted by molar-refractivity contribution is -0.889. The molecule has 0 aromatic carbocycles. The largest absolute Gasteiger partial charge is 0.544 e. The molecule has 306 valence electrons. The molecule has 0 bridgehead atoms. The van der Waals surface area contributed by atoms with Gasteiger partial charge in [0.05, 0.1) is 40.3 Å². The summed E-state index contributed by atoms with van der Waals surface area (Å²) < 4.78 is 17.1. The SMILES string of the molecule is CCCCCCCCCCCC/C=C/CCCCCCCCCC(=O)OC(COCCC(C(=O)[O-])[N+](C)(C)C)COC(=O)CCCCCCCCC. The number of hydrogen-bond acceptors (Lipinski definition) is 7. The zero-order chi connectivity index (χ0) is 38.5. The van der Waals surface area contributed by atoms with E-state index in [9.17, 15) is 19.5 Å². The first kappa shape index (κ1) is 50.1. The number of ether oxygens (including phenoxy) is 3. The molecule has 0 saturated heterocycles. The molecular weight excluding hydrogens is 654 g/mol. The molecule has 2 unspecified atom stereocenters. The second-order valence-electron chi connectivity index (χ2n) is 15.9. The van der Waals surface area contributed by atoms with Gasteiger partial charge in [0.25, 0.3) is 0 Å². The van der Waals surface area contributed by atoms with Gasteiger partial charge in [-0.1, -0.05) is 154 Å². The standard InChI is InChI=1S/C44H83NO7/c1-6-8-10-12-14-15-16-17-18-19-20-21-22-23-24-25-26-27-29-31-33-35-43(47)52-40(38-50-37-36-41(44(48)49)45(3,4)5)39-51-42(46)34-32-30-28-13-11-9-7-2/h21-22,40-41H,6-20,23-39H2,1-5H3/b22-21+. The third-order valence-electron chi connectivity index (χ3n) is 9.90. The Labute approximate surface area is 320 Å². The van der Waals surface area contributed by atoms with Crippen LogP contribution in [0.2, 0.25) is 0 Å². The van der Waals surface area contributed by atoms with Crippen LogP contribution in [0.25, 0.3) is 0 Å². The number of carboxylic acids is 1. The van der Waals surface area contributed by atoms with E-state index in [4.69, 9.17) is 14.2 Å². The second-order valence-corrected chi connectivity index (χ2v) is 15.9. The Morgan fingerprint density at radius 2 is 0.962 bits per heavy atom. The number of allylic oxidation sites excluding steroid dienone is 2. The monoisotopic (exact) mass is 738 g/mol. The van der Waals surface area contributed by atoms with Crippen LogP contribution in [0, 0.1) is 0 Å². The fraction of sp³-hybridized carbons (Fsp3) is 0.886. The van der Waals surface area contributed by atoms with Crippen LogP contribution in [0.5, 0.6) is 0 Å². The maximum atomic E-state index is 12.7. The van der Waals surface area contributed by atoms with Crippen molar-refractivity contribution in [2.45, 2.75) is 212 Å². The molecule has 0 spiro atoms. The quantitative estimate of drug-likeness (QED) is 0.0268. The summed E-state index contributed by atoms with van der Waals surface area (Å²) >= 11 is 0. The number of likely N-dealkylation sites (N-methyl/N-ethyl adjacent to an activating group) is 1. The lowest BCUT2D eigenvalue weighted by Gasteiger charge is -2.34. The number of carboxylic acid groups (broad SMARTS) is 1. The molecule has 0 N–H and O–H groups in total. The molecule has 0 aliphatic carbocycles. The molecule has 0 amide bonds. The van der Waals surface area contributed by atoms with Gasteiger partial charge in [0.15, 0.2) is 6.10 Å². The number of nitrogens with zero attached hydrogens (tertiary/aromatic N) is 1. The highest BCUT2D eigenvalue weighted by atomic mass is 16.6. The van der Waals surface area contributed by atoms with Gasteiger partial charge in [-0.15, -0.1) is 0 Å². The van der Waals surface area contributed by atoms with Crippen molar-refractivity contribution >= 4 is 17.9 Å². The van der Waals surface area contributed by atoms with Crippen molar-refractivity contribution in [2.24, 2.45) is 0 Å². The first-order valence-corrected chi connectivity index (χ1v) is 21.7. The molecule has 0 aliphatic heterocycles. The fourth-order valence-electron chi connectivity index (χ4n) is 6.48. The first-order chi connectivity index (χ1) is 25.1. The molecule has 8 nitrogen and oxygen atoms in total. The van der Waals surface area contributed by atoms with Gasteiger partial charge in [-0.25, -0.2) is 0 Å². The van der Waals surface area contributed by atoms with Crippen LogP contribution in [-0.2, 0) is 28.6 Å². The highest BCUT2D eigenvalue weighted by Gasteiger charge is 2.25. The van der Waals surface area contributed by atoms with Gasteiger partial charge in [0, 0.05) is 19.3 Å². The van der Waals surface area contributed by atoms with Gasteiger partial charge in [0.2, 0.25) is 0 Å². The summed E-state index contributed by atoms with van der Waals surface area (Å²) in [5.74, 6) is -1.74. The normalized spacial score (nSPS) is 13.0. The smallest absolute Gasteiger partial charge is 0.306 e. The number of carbonyl (C=O) groups is 3. The molecule has 0 saturated carbocycles. The number of aliphatic carboxylic acids is 1. The molecule has 2 atom stereocenters. The molecule has 0 fully saturated rings. The van der Waals surface area contributed by atoms with Crippen LogP contribution in [0.3, 0.4) is 0 Å². The van der Waals surface area contributed by atoms with E-state index in [0.717, 1.165) is 38.5 Å². The van der Waals surface area contributed by atoms with Gasteiger partial charge in [-0.2, -0.15) is 0 Å². The number of hydrogen-bond donors (Lipinski definition) is 0. The van der Waals surface area contributed by atoms with E-state index in [0.29, 0.717) is 12.8 Å². The van der Waals surface area contributed by atoms with Crippen molar-refractivity contribution in [3.8, 4) is 0 Å². The summed E-state index contributed by atoms with van der Waals surface area (Å²) in [6.45, 7) is 4.63. The van der Waals surface area contributed by atoms with Gasteiger partial charge in [-0.3, -0.25) is 9.59 Å². The molecule has 0 aromatic rings. The van der Waals surface area contributed by atoms with Crippen molar-refractivity contribution < 1.29 is 38.2 Å². The lowest BCUT2D eigenvalue weighted by Crippen LogP contribution is -2.55. The van der Waals surface area contributed by atoms with Gasteiger partial charge >= 0.3 is 11.9 Å². The van der Waals surface area contributed by atoms with E-state index >= 15 is 0 Å². The molecule has 0 aromatic heterocycles. The number of unbranched alkanes of at least 4 members (excludes halogenated alkanes) is 23. The Balaban J connectivity index is 4.18. The average Bonchev–Trinajstić information content (AvgIpc) is 3.09. The van der Waals surface area contributed by atoms with E-state index in [2.05, 4.69) is 26.0 Å². The minimum absolute atomic E-state index is 0.0435. The first-order valence-electron chi connectivity index (χ1n) is 21.7. The van der Waals surface area contributed by atoms with Gasteiger partial charge in [0.1, 0.15) is 12.6 Å². The van der Waals surface area contributed by atoms with Crippen LogP contribution in [0.1, 0.15) is 200 Å². The third-order valence-corrected chi connectivity index (χ3v) is 9.90. The van der Waals surface area contributed by atoms with Gasteiger partial charge in [-0.05, 0) is 38.5 Å². The van der Waals surface area contributed by atoms with Crippen molar-refractivity contribution in [2.75, 3.05) is 41.0 Å². The Morgan fingerprint density at radius 3 is 1.38 bits per heavy atom. The highest BCUT2D eigenvalue weighted by Crippen LogP contribution is 2.14. The van der Waals surface area contributed by atoms with Crippen molar-refractivity contribution in [1.82, 2.24) is 0 Å². The number of quaternary nitrogens is 1.